The Kier molecular flexibility index (Phi) is 3.04. The minimum atomic E-state index is 0.0278. The molecular weight excluding hydrogens is 262 g/mol. The van der Waals surface area contributed by atoms with E-state index in [1.807, 2.05) is 17.6 Å². The lowest BCUT2D eigenvalue weighted by atomic mass is 10.4. The van der Waals surface area contributed by atoms with Crippen molar-refractivity contribution in [3.63, 3.8) is 0 Å². The first-order valence-corrected chi connectivity index (χ1v) is 6.83. The first-order chi connectivity index (χ1) is 9.24. The van der Waals surface area contributed by atoms with Gasteiger partial charge in [0.05, 0.1) is 11.8 Å². The van der Waals surface area contributed by atoms with Gasteiger partial charge in [0.2, 0.25) is 0 Å². The molecule has 2 N–H and O–H groups in total. The molecule has 0 aliphatic carbocycles. The number of rotatable bonds is 4. The lowest BCUT2D eigenvalue weighted by molar-refractivity contribution is 0.519. The van der Waals surface area contributed by atoms with Crippen LogP contribution in [0.1, 0.15) is 6.42 Å². The molecule has 6 nitrogen and oxygen atoms in total. The maximum absolute atomic E-state index is 12.1. The number of aryl methyl sites for hydroxylation is 2. The summed E-state index contributed by atoms with van der Waals surface area (Å²) < 4.78 is 4.13. The normalized spacial score (nSPS) is 11.2. The Morgan fingerprint density at radius 3 is 3.00 bits per heavy atom. The summed E-state index contributed by atoms with van der Waals surface area (Å²) in [5.74, 6) is 0.513. The predicted octanol–water partition coefficient (Wildman–Crippen LogP) is 1.33. The van der Waals surface area contributed by atoms with E-state index in [2.05, 4.69) is 10.1 Å². The molecule has 0 aliphatic heterocycles. The lowest BCUT2D eigenvalue weighted by Gasteiger charge is -2.05. The molecular formula is C12H13N5OS. The Bertz CT molecular complexity index is 757. The standard InChI is InChI=1S/C12H13N5OS/c13-10-2-6-17(15-10)5-1-4-16-8-14-9-3-7-19-11(9)12(16)18/h2-3,6-8H,1,4-5H2,(H2,13,15). The average molecular weight is 275 g/mol. The smallest absolute Gasteiger partial charge is 0.271 e. The third-order valence-electron chi connectivity index (χ3n) is 2.88. The summed E-state index contributed by atoms with van der Waals surface area (Å²) in [6.07, 6.45) is 4.24. The van der Waals surface area contributed by atoms with Crippen LogP contribution in [-0.2, 0) is 13.1 Å². The Balaban J connectivity index is 1.71. The van der Waals surface area contributed by atoms with Gasteiger partial charge in [0, 0.05) is 19.3 Å². The third-order valence-corrected chi connectivity index (χ3v) is 3.77. The van der Waals surface area contributed by atoms with Gasteiger partial charge in [-0.3, -0.25) is 14.0 Å². The zero-order chi connectivity index (χ0) is 13.2. The van der Waals surface area contributed by atoms with E-state index >= 15 is 0 Å². The van der Waals surface area contributed by atoms with E-state index in [-0.39, 0.29) is 5.56 Å². The van der Waals surface area contributed by atoms with Crippen molar-refractivity contribution in [2.24, 2.45) is 0 Å². The van der Waals surface area contributed by atoms with E-state index in [0.29, 0.717) is 17.1 Å². The van der Waals surface area contributed by atoms with Gasteiger partial charge in [-0.05, 0) is 23.9 Å². The van der Waals surface area contributed by atoms with Crippen LogP contribution in [0.4, 0.5) is 5.82 Å². The molecule has 3 aromatic rings. The highest BCUT2D eigenvalue weighted by Crippen LogP contribution is 2.13. The highest BCUT2D eigenvalue weighted by atomic mass is 32.1. The molecule has 0 radical (unpaired) electrons. The van der Waals surface area contributed by atoms with Gasteiger partial charge in [0.25, 0.3) is 5.56 Å². The quantitative estimate of drug-likeness (QED) is 0.779. The van der Waals surface area contributed by atoms with Crippen LogP contribution in [0.15, 0.2) is 34.8 Å². The zero-order valence-corrected chi connectivity index (χ0v) is 11.0. The number of nitrogen functional groups attached to an aromatic ring is 1. The third kappa shape index (κ3) is 2.37. The fraction of sp³-hybridized carbons (Fsp3) is 0.250. The van der Waals surface area contributed by atoms with Crippen LogP contribution in [0.25, 0.3) is 10.2 Å². The Morgan fingerprint density at radius 1 is 1.32 bits per heavy atom. The number of hydrogen-bond acceptors (Lipinski definition) is 5. The summed E-state index contributed by atoms with van der Waals surface area (Å²) in [4.78, 5) is 16.4. The van der Waals surface area contributed by atoms with Crippen molar-refractivity contribution < 1.29 is 0 Å². The molecule has 0 saturated carbocycles. The number of hydrogen-bond donors (Lipinski definition) is 1. The molecule has 0 fully saturated rings. The molecule has 0 saturated heterocycles. The highest BCUT2D eigenvalue weighted by molar-refractivity contribution is 7.17. The summed E-state index contributed by atoms with van der Waals surface area (Å²) in [5, 5.41) is 5.98. The van der Waals surface area contributed by atoms with Crippen LogP contribution in [0.5, 0.6) is 0 Å². The van der Waals surface area contributed by atoms with E-state index in [4.69, 9.17) is 5.73 Å². The number of nitrogens with zero attached hydrogens (tertiary/aromatic N) is 4. The van der Waals surface area contributed by atoms with Crippen molar-refractivity contribution in [3.8, 4) is 0 Å². The van der Waals surface area contributed by atoms with Crippen LogP contribution in [0.2, 0.25) is 0 Å². The van der Waals surface area contributed by atoms with E-state index in [1.165, 1.54) is 11.3 Å². The molecule has 7 heteroatoms. The number of nitrogens with two attached hydrogens (primary N) is 1. The fourth-order valence-corrected chi connectivity index (χ4v) is 2.74. The average Bonchev–Trinajstić information content (AvgIpc) is 3.01. The topological polar surface area (TPSA) is 78.7 Å². The predicted molar refractivity (Wildman–Crippen MR) is 75.1 cm³/mol. The van der Waals surface area contributed by atoms with Crippen molar-refractivity contribution in [1.29, 1.82) is 0 Å². The van der Waals surface area contributed by atoms with Crippen molar-refractivity contribution in [2.75, 3.05) is 5.73 Å². The highest BCUT2D eigenvalue weighted by Gasteiger charge is 2.04. The maximum atomic E-state index is 12.1. The van der Waals surface area contributed by atoms with Crippen LogP contribution in [-0.4, -0.2) is 19.3 Å². The second-order valence-electron chi connectivity index (χ2n) is 4.24. The van der Waals surface area contributed by atoms with E-state index in [9.17, 15) is 4.79 Å². The Hall–Kier alpha value is -2.15. The zero-order valence-electron chi connectivity index (χ0n) is 10.2. The monoisotopic (exact) mass is 275 g/mol. The second-order valence-corrected chi connectivity index (χ2v) is 5.15. The Labute approximate surface area is 113 Å². The number of thiophene rings is 1. The van der Waals surface area contributed by atoms with Gasteiger partial charge in [-0.2, -0.15) is 5.10 Å². The van der Waals surface area contributed by atoms with Crippen molar-refractivity contribution >= 4 is 27.4 Å². The van der Waals surface area contributed by atoms with Gasteiger partial charge in [-0.25, -0.2) is 4.98 Å². The number of fused-ring (bicyclic) bond motifs is 1. The summed E-state index contributed by atoms with van der Waals surface area (Å²) in [5.41, 5.74) is 6.34. The molecule has 3 heterocycles. The molecule has 19 heavy (non-hydrogen) atoms. The van der Waals surface area contributed by atoms with E-state index in [0.717, 1.165) is 18.5 Å². The molecule has 98 valence electrons. The van der Waals surface area contributed by atoms with E-state index in [1.54, 1.807) is 21.6 Å². The number of anilines is 1. The molecule has 0 aromatic carbocycles. The second kappa shape index (κ2) is 4.85. The largest absolute Gasteiger partial charge is 0.382 e. The Morgan fingerprint density at radius 2 is 2.21 bits per heavy atom. The number of aromatic nitrogens is 4. The molecule has 0 atom stereocenters. The van der Waals surface area contributed by atoms with Gasteiger partial charge in [-0.1, -0.05) is 0 Å². The molecule has 3 aromatic heterocycles. The summed E-state index contributed by atoms with van der Waals surface area (Å²) in [7, 11) is 0. The molecule has 0 amide bonds. The summed E-state index contributed by atoms with van der Waals surface area (Å²) in [6, 6.07) is 3.61. The molecule has 0 unspecified atom stereocenters. The van der Waals surface area contributed by atoms with Crippen molar-refractivity contribution in [2.45, 2.75) is 19.5 Å². The van der Waals surface area contributed by atoms with Crippen molar-refractivity contribution in [1.82, 2.24) is 19.3 Å². The SMILES string of the molecule is Nc1ccn(CCCn2cnc3ccsc3c2=O)n1. The molecule has 0 spiro atoms. The minimum Gasteiger partial charge on any atom is -0.382 e. The lowest BCUT2D eigenvalue weighted by Crippen LogP contribution is -2.20. The molecule has 0 bridgehead atoms. The first-order valence-electron chi connectivity index (χ1n) is 5.95. The van der Waals surface area contributed by atoms with Crippen LogP contribution in [0.3, 0.4) is 0 Å². The summed E-state index contributed by atoms with van der Waals surface area (Å²) >= 11 is 1.43. The van der Waals surface area contributed by atoms with Gasteiger partial charge in [0.15, 0.2) is 0 Å². The van der Waals surface area contributed by atoms with Crippen LogP contribution < -0.4 is 11.3 Å². The van der Waals surface area contributed by atoms with Gasteiger partial charge >= 0.3 is 0 Å². The first kappa shape index (κ1) is 11.9. The fourth-order valence-electron chi connectivity index (χ4n) is 1.94. The van der Waals surface area contributed by atoms with Crippen molar-refractivity contribution in [3.05, 3.63) is 40.4 Å². The van der Waals surface area contributed by atoms with Gasteiger partial charge < -0.3 is 5.73 Å². The van der Waals surface area contributed by atoms with Gasteiger partial charge in [-0.15, -0.1) is 11.3 Å². The molecule has 3 rings (SSSR count). The van der Waals surface area contributed by atoms with Gasteiger partial charge in [0.1, 0.15) is 10.5 Å². The van der Waals surface area contributed by atoms with Crippen LogP contribution >= 0.6 is 11.3 Å². The molecule has 0 aliphatic rings. The maximum Gasteiger partial charge on any atom is 0.271 e. The van der Waals surface area contributed by atoms with E-state index < -0.39 is 0 Å². The minimum absolute atomic E-state index is 0.0278. The summed E-state index contributed by atoms with van der Waals surface area (Å²) in [6.45, 7) is 1.35. The van der Waals surface area contributed by atoms with Crippen LogP contribution in [0, 0.1) is 0 Å².